The van der Waals surface area contributed by atoms with Gasteiger partial charge in [0, 0.05) is 82.1 Å². The number of carbonyl (C=O) groups excluding carboxylic acids is 3. The Morgan fingerprint density at radius 3 is 2.26 bits per heavy atom. The molecule has 0 radical (unpaired) electrons. The number of carbonyl (C=O) groups is 3. The van der Waals surface area contributed by atoms with Gasteiger partial charge in [0.15, 0.2) is 5.65 Å². The molecule has 2 aromatic heterocycles. The molecule has 4 aliphatic rings. The maximum Gasteiger partial charge on any atom is 0.255 e. The SMILES string of the molecule is Nc1ncnc2c1c(-c1ccc(Oc3ccccc3)cc1)nn2C1CCN(CCOCCN2CCN(c3ccc4c(c3)CN(C3CCC(=O)NC3=O)C4=O)CC2)CC1. The number of para-hydroxylation sites is 1. The first kappa shape index (κ1) is 37.7. The van der Waals surface area contributed by atoms with Crippen molar-refractivity contribution < 1.29 is 23.9 Å². The Labute approximate surface area is 336 Å². The van der Waals surface area contributed by atoms with Crippen molar-refractivity contribution in [3.63, 3.8) is 0 Å². The van der Waals surface area contributed by atoms with Gasteiger partial charge in [0.25, 0.3) is 5.91 Å². The number of amides is 3. The molecule has 300 valence electrons. The number of hydrogen-bond acceptors (Lipinski definition) is 12. The predicted molar refractivity (Wildman–Crippen MR) is 218 cm³/mol. The summed E-state index contributed by atoms with van der Waals surface area (Å²) in [6.07, 6.45) is 4.04. The van der Waals surface area contributed by atoms with Crippen molar-refractivity contribution in [1.29, 1.82) is 0 Å². The first-order valence-corrected chi connectivity index (χ1v) is 20.2. The molecule has 1 unspecified atom stereocenters. The number of aromatic nitrogens is 4. The van der Waals surface area contributed by atoms with Crippen LogP contribution in [0.5, 0.6) is 11.5 Å². The quantitative estimate of drug-likeness (QED) is 0.138. The van der Waals surface area contributed by atoms with Crippen LogP contribution in [-0.2, 0) is 20.9 Å². The molecule has 3 amide bonds. The first-order chi connectivity index (χ1) is 28.4. The third-order valence-corrected chi connectivity index (χ3v) is 11.9. The number of fused-ring (bicyclic) bond motifs is 2. The van der Waals surface area contributed by atoms with Crippen molar-refractivity contribution >= 4 is 40.3 Å². The third kappa shape index (κ3) is 7.84. The van der Waals surface area contributed by atoms with E-state index in [0.29, 0.717) is 37.6 Å². The van der Waals surface area contributed by atoms with Gasteiger partial charge in [-0.15, -0.1) is 0 Å². The van der Waals surface area contributed by atoms with Gasteiger partial charge in [-0.3, -0.25) is 24.6 Å². The van der Waals surface area contributed by atoms with E-state index in [0.717, 1.165) is 110 Å². The third-order valence-electron chi connectivity index (χ3n) is 11.9. The fraction of sp³-hybridized carbons (Fsp3) is 0.395. The molecule has 0 aliphatic carbocycles. The summed E-state index contributed by atoms with van der Waals surface area (Å²) in [6.45, 7) is 9.09. The minimum absolute atomic E-state index is 0.141. The molecule has 3 saturated heterocycles. The summed E-state index contributed by atoms with van der Waals surface area (Å²) in [5, 5.41) is 8.23. The van der Waals surface area contributed by atoms with Gasteiger partial charge in [-0.1, -0.05) is 18.2 Å². The zero-order chi connectivity index (χ0) is 39.6. The molecule has 1 atom stereocenters. The molecule has 0 spiro atoms. The fourth-order valence-electron chi connectivity index (χ4n) is 8.62. The molecule has 5 aromatic rings. The largest absolute Gasteiger partial charge is 0.457 e. The lowest BCUT2D eigenvalue weighted by Crippen LogP contribution is -2.52. The fourth-order valence-corrected chi connectivity index (χ4v) is 8.62. The molecule has 4 aliphatic heterocycles. The molecule has 3 aromatic carbocycles. The highest BCUT2D eigenvalue weighted by molar-refractivity contribution is 6.05. The Morgan fingerprint density at radius 1 is 0.793 bits per heavy atom. The summed E-state index contributed by atoms with van der Waals surface area (Å²) in [4.78, 5) is 54.9. The van der Waals surface area contributed by atoms with Gasteiger partial charge in [0.1, 0.15) is 35.4 Å². The highest BCUT2D eigenvalue weighted by atomic mass is 16.5. The molecule has 15 nitrogen and oxygen atoms in total. The van der Waals surface area contributed by atoms with Gasteiger partial charge in [-0.2, -0.15) is 5.10 Å². The second-order valence-corrected chi connectivity index (χ2v) is 15.4. The second-order valence-electron chi connectivity index (χ2n) is 15.4. The molecular weight excluding hydrogens is 737 g/mol. The minimum Gasteiger partial charge on any atom is -0.457 e. The van der Waals surface area contributed by atoms with Crippen LogP contribution in [0, 0.1) is 0 Å². The standard InChI is InChI=1S/C43H48N10O5/c44-40-38-39(29-6-9-34(10-7-29)58-33-4-2-1-3-5-33)48-53(41(38)46-28-45-40)31-14-16-49(17-15-31)22-24-57-25-23-50-18-20-51(21-19-50)32-8-11-35-30(26-32)27-52(43(35)56)36-12-13-37(54)47-42(36)55/h1-11,26,28,31,36H,12-25,27H2,(H2,44,45,46)(H,47,54,55). The highest BCUT2D eigenvalue weighted by Crippen LogP contribution is 2.36. The van der Waals surface area contributed by atoms with Crippen LogP contribution in [0.15, 0.2) is 79.1 Å². The Balaban J connectivity index is 0.712. The van der Waals surface area contributed by atoms with Crippen molar-refractivity contribution in [3.05, 3.63) is 90.3 Å². The topological polar surface area (TPSA) is 164 Å². The molecule has 58 heavy (non-hydrogen) atoms. The molecule has 0 bridgehead atoms. The van der Waals surface area contributed by atoms with Gasteiger partial charge in [0.2, 0.25) is 11.8 Å². The van der Waals surface area contributed by atoms with Crippen molar-refractivity contribution in [3.8, 4) is 22.8 Å². The van der Waals surface area contributed by atoms with Gasteiger partial charge >= 0.3 is 0 Å². The van der Waals surface area contributed by atoms with E-state index in [4.69, 9.17) is 20.3 Å². The number of hydrogen-bond donors (Lipinski definition) is 2. The van der Waals surface area contributed by atoms with Gasteiger partial charge in [-0.25, -0.2) is 14.6 Å². The molecule has 3 fully saturated rings. The van der Waals surface area contributed by atoms with E-state index in [-0.39, 0.29) is 30.2 Å². The van der Waals surface area contributed by atoms with Crippen LogP contribution in [0.1, 0.15) is 47.6 Å². The van der Waals surface area contributed by atoms with E-state index in [1.165, 1.54) is 6.33 Å². The molecule has 3 N–H and O–H groups in total. The van der Waals surface area contributed by atoms with Crippen molar-refractivity contribution in [1.82, 2.24) is 39.8 Å². The van der Waals surface area contributed by atoms with E-state index >= 15 is 0 Å². The zero-order valence-corrected chi connectivity index (χ0v) is 32.5. The second kappa shape index (κ2) is 16.5. The molecule has 15 heteroatoms. The summed E-state index contributed by atoms with van der Waals surface area (Å²) < 4.78 is 14.2. The number of imide groups is 1. The summed E-state index contributed by atoms with van der Waals surface area (Å²) in [5.74, 6) is 1.15. The zero-order valence-electron chi connectivity index (χ0n) is 32.5. The van der Waals surface area contributed by atoms with Crippen LogP contribution in [0.3, 0.4) is 0 Å². The van der Waals surface area contributed by atoms with Crippen LogP contribution < -0.4 is 20.7 Å². The smallest absolute Gasteiger partial charge is 0.255 e. The normalized spacial score (nSPS) is 19.5. The van der Waals surface area contributed by atoms with E-state index in [1.54, 1.807) is 4.90 Å². The summed E-state index contributed by atoms with van der Waals surface area (Å²) in [7, 11) is 0. The van der Waals surface area contributed by atoms with Gasteiger partial charge in [0.05, 0.1) is 24.6 Å². The number of piperidine rings is 2. The number of likely N-dealkylation sites (tertiary alicyclic amines) is 1. The lowest BCUT2D eigenvalue weighted by atomic mass is 10.0. The van der Waals surface area contributed by atoms with Gasteiger partial charge < -0.3 is 29.9 Å². The monoisotopic (exact) mass is 784 g/mol. The number of rotatable bonds is 12. The lowest BCUT2D eigenvalue weighted by molar-refractivity contribution is -0.136. The maximum atomic E-state index is 13.1. The summed E-state index contributed by atoms with van der Waals surface area (Å²) >= 11 is 0. The molecular formula is C43H48N10O5. The van der Waals surface area contributed by atoms with Crippen molar-refractivity contribution in [2.24, 2.45) is 0 Å². The molecule has 6 heterocycles. The predicted octanol–water partition coefficient (Wildman–Crippen LogP) is 4.10. The number of piperazine rings is 1. The van der Waals surface area contributed by atoms with Crippen LogP contribution in [0.4, 0.5) is 11.5 Å². The Bertz CT molecular complexity index is 2280. The number of nitrogens with two attached hydrogens (primary N) is 1. The van der Waals surface area contributed by atoms with E-state index in [1.807, 2.05) is 71.4 Å². The number of anilines is 2. The van der Waals surface area contributed by atoms with Gasteiger partial charge in [-0.05, 0) is 79.4 Å². The van der Waals surface area contributed by atoms with Crippen molar-refractivity contribution in [2.75, 3.05) is 76.2 Å². The number of nitrogens with zero attached hydrogens (tertiary/aromatic N) is 8. The maximum absolute atomic E-state index is 13.1. The van der Waals surface area contributed by atoms with E-state index in [2.05, 4.69) is 36.1 Å². The summed E-state index contributed by atoms with van der Waals surface area (Å²) in [6, 6.07) is 23.2. The molecule has 9 rings (SSSR count). The van der Waals surface area contributed by atoms with Crippen LogP contribution in [-0.4, -0.2) is 124 Å². The Kier molecular flexibility index (Phi) is 10.7. The number of nitrogens with one attached hydrogen (secondary N) is 1. The number of ether oxygens (including phenoxy) is 2. The Morgan fingerprint density at radius 2 is 1.52 bits per heavy atom. The Hall–Kier alpha value is -5.90. The van der Waals surface area contributed by atoms with Crippen molar-refractivity contribution in [2.45, 2.75) is 44.3 Å². The highest BCUT2D eigenvalue weighted by Gasteiger charge is 2.39. The van der Waals surface area contributed by atoms with E-state index in [9.17, 15) is 14.4 Å². The molecule has 0 saturated carbocycles. The number of benzene rings is 3. The first-order valence-electron chi connectivity index (χ1n) is 20.2. The van der Waals surface area contributed by atoms with Crippen LogP contribution in [0.25, 0.3) is 22.3 Å². The lowest BCUT2D eigenvalue weighted by Gasteiger charge is -2.36. The van der Waals surface area contributed by atoms with Crippen LogP contribution in [0.2, 0.25) is 0 Å². The average molecular weight is 785 g/mol. The number of nitrogen functional groups attached to an aromatic ring is 1. The average Bonchev–Trinajstić information content (AvgIpc) is 3.80. The minimum atomic E-state index is -0.601. The summed E-state index contributed by atoms with van der Waals surface area (Å²) in [5.41, 5.74) is 11.6. The van der Waals surface area contributed by atoms with Crippen LogP contribution >= 0.6 is 0 Å². The van der Waals surface area contributed by atoms with E-state index < -0.39 is 6.04 Å².